The Kier molecular flexibility index (Phi) is 6.22. The minimum absolute atomic E-state index is 0.0718. The molecular weight excluding hydrogens is 378 g/mol. The van der Waals surface area contributed by atoms with Crippen molar-refractivity contribution < 1.29 is 9.53 Å². The fraction of sp³-hybridized carbons (Fsp3) is 0.565. The van der Waals surface area contributed by atoms with Crippen LogP contribution in [0.4, 0.5) is 0 Å². The van der Waals surface area contributed by atoms with E-state index in [2.05, 4.69) is 40.3 Å². The molecule has 1 unspecified atom stereocenters. The Morgan fingerprint density at radius 2 is 1.93 bits per heavy atom. The van der Waals surface area contributed by atoms with Crippen molar-refractivity contribution in [3.05, 3.63) is 53.9 Å². The number of hydrogen-bond donors (Lipinski definition) is 0. The van der Waals surface area contributed by atoms with Crippen LogP contribution in [0, 0.1) is 0 Å². The van der Waals surface area contributed by atoms with Gasteiger partial charge in [0, 0.05) is 65.1 Å². The molecule has 3 heterocycles. The number of nitrogens with zero attached hydrogens (tertiary/aromatic N) is 5. The fourth-order valence-electron chi connectivity index (χ4n) is 4.73. The van der Waals surface area contributed by atoms with Gasteiger partial charge in [-0.15, -0.1) is 0 Å². The summed E-state index contributed by atoms with van der Waals surface area (Å²) in [5.74, 6) is 0.0718. The number of aryl methyl sites for hydroxylation is 1. The van der Waals surface area contributed by atoms with Gasteiger partial charge in [0.25, 0.3) is 5.91 Å². The van der Waals surface area contributed by atoms with Crippen LogP contribution in [0.1, 0.15) is 24.0 Å². The SMILES string of the molecule is CN1CC(C(=O)N(C)Cc2ccccc2)OC2(CCN(Cc3cnn(C)c3)CC2)C1. The lowest BCUT2D eigenvalue weighted by atomic mass is 9.88. The molecule has 2 aliphatic heterocycles. The molecular formula is C23H33N5O2. The summed E-state index contributed by atoms with van der Waals surface area (Å²) < 4.78 is 8.38. The van der Waals surface area contributed by atoms with Crippen molar-refractivity contribution in [1.29, 1.82) is 0 Å². The van der Waals surface area contributed by atoms with Gasteiger partial charge < -0.3 is 14.5 Å². The number of likely N-dealkylation sites (tertiary alicyclic amines) is 1. The topological polar surface area (TPSA) is 53.8 Å². The number of carbonyl (C=O) groups excluding carboxylic acids is 1. The third-order valence-electron chi connectivity index (χ3n) is 6.27. The summed E-state index contributed by atoms with van der Waals surface area (Å²) >= 11 is 0. The van der Waals surface area contributed by atoms with Crippen LogP contribution in [0.2, 0.25) is 0 Å². The Bertz CT molecular complexity index is 844. The summed E-state index contributed by atoms with van der Waals surface area (Å²) in [6, 6.07) is 10.1. The summed E-state index contributed by atoms with van der Waals surface area (Å²) in [4.78, 5) is 19.7. The van der Waals surface area contributed by atoms with E-state index in [0.29, 0.717) is 13.1 Å². The van der Waals surface area contributed by atoms with Crippen LogP contribution in [-0.2, 0) is 29.7 Å². The third kappa shape index (κ3) is 4.91. The van der Waals surface area contributed by atoms with Gasteiger partial charge in [-0.1, -0.05) is 30.3 Å². The number of carbonyl (C=O) groups is 1. The maximum atomic E-state index is 13.1. The Morgan fingerprint density at radius 1 is 1.20 bits per heavy atom. The molecule has 30 heavy (non-hydrogen) atoms. The van der Waals surface area contributed by atoms with E-state index in [1.165, 1.54) is 5.56 Å². The second kappa shape index (κ2) is 8.88. The first kappa shape index (κ1) is 21.0. The summed E-state index contributed by atoms with van der Waals surface area (Å²) in [6.07, 6.45) is 5.51. The zero-order chi connectivity index (χ0) is 21.1. The predicted octanol–water partition coefficient (Wildman–Crippen LogP) is 1.74. The first-order valence-corrected chi connectivity index (χ1v) is 10.8. The first-order chi connectivity index (χ1) is 14.4. The molecule has 2 aliphatic rings. The standard InChI is InChI=1S/C23H33N5O2/c1-25-17-21(22(29)26(2)14-19-7-5-4-6-8-19)30-23(18-25)9-11-28(12-10-23)16-20-13-24-27(3)15-20/h4-8,13,15,21H,9-12,14,16-18H2,1-3H3. The molecule has 4 rings (SSSR count). The minimum Gasteiger partial charge on any atom is -0.359 e. The lowest BCUT2D eigenvalue weighted by molar-refractivity contribution is -0.188. The van der Waals surface area contributed by atoms with Gasteiger partial charge in [-0.2, -0.15) is 5.10 Å². The molecule has 7 heteroatoms. The van der Waals surface area contributed by atoms with Crippen molar-refractivity contribution in [2.24, 2.45) is 7.05 Å². The van der Waals surface area contributed by atoms with Crippen LogP contribution in [0.5, 0.6) is 0 Å². The molecule has 0 aliphatic carbocycles. The predicted molar refractivity (Wildman–Crippen MR) is 116 cm³/mol. The van der Waals surface area contributed by atoms with Crippen molar-refractivity contribution in [3.63, 3.8) is 0 Å². The molecule has 2 saturated heterocycles. The van der Waals surface area contributed by atoms with E-state index >= 15 is 0 Å². The van der Waals surface area contributed by atoms with Crippen LogP contribution in [0.25, 0.3) is 0 Å². The van der Waals surface area contributed by atoms with Crippen molar-refractivity contribution in [2.45, 2.75) is 37.6 Å². The molecule has 1 aromatic carbocycles. The lowest BCUT2D eigenvalue weighted by Crippen LogP contribution is -2.61. The van der Waals surface area contributed by atoms with Gasteiger partial charge in [0.15, 0.2) is 0 Å². The summed E-state index contributed by atoms with van der Waals surface area (Å²) in [5.41, 5.74) is 2.15. The number of aromatic nitrogens is 2. The van der Waals surface area contributed by atoms with Crippen LogP contribution in [0.3, 0.4) is 0 Å². The highest BCUT2D eigenvalue weighted by Crippen LogP contribution is 2.33. The molecule has 162 valence electrons. The Morgan fingerprint density at radius 3 is 2.60 bits per heavy atom. The fourth-order valence-corrected chi connectivity index (χ4v) is 4.73. The van der Waals surface area contributed by atoms with Crippen molar-refractivity contribution in [2.75, 3.05) is 40.3 Å². The second-order valence-electron chi connectivity index (χ2n) is 8.96. The molecule has 0 N–H and O–H groups in total. The van der Waals surface area contributed by atoms with Gasteiger partial charge in [-0.05, 0) is 25.5 Å². The normalized spacial score (nSPS) is 22.3. The average Bonchev–Trinajstić information content (AvgIpc) is 3.14. The third-order valence-corrected chi connectivity index (χ3v) is 6.27. The van der Waals surface area contributed by atoms with E-state index < -0.39 is 6.10 Å². The van der Waals surface area contributed by atoms with Gasteiger partial charge in [-0.25, -0.2) is 0 Å². The number of amides is 1. The summed E-state index contributed by atoms with van der Waals surface area (Å²) in [5, 5.41) is 4.27. The van der Waals surface area contributed by atoms with E-state index in [0.717, 1.165) is 44.6 Å². The number of morpholine rings is 1. The number of piperidine rings is 1. The maximum Gasteiger partial charge on any atom is 0.253 e. The van der Waals surface area contributed by atoms with Gasteiger partial charge in [-0.3, -0.25) is 14.4 Å². The minimum atomic E-state index is -0.401. The monoisotopic (exact) mass is 411 g/mol. The molecule has 1 aromatic heterocycles. The van der Waals surface area contributed by atoms with Crippen LogP contribution >= 0.6 is 0 Å². The second-order valence-corrected chi connectivity index (χ2v) is 8.96. The van der Waals surface area contributed by atoms with E-state index in [9.17, 15) is 4.79 Å². The number of hydrogen-bond acceptors (Lipinski definition) is 5. The van der Waals surface area contributed by atoms with Gasteiger partial charge in [0.1, 0.15) is 6.10 Å². The molecule has 7 nitrogen and oxygen atoms in total. The van der Waals surface area contributed by atoms with E-state index in [4.69, 9.17) is 4.74 Å². The highest BCUT2D eigenvalue weighted by atomic mass is 16.5. The van der Waals surface area contributed by atoms with E-state index in [1.807, 2.05) is 43.2 Å². The van der Waals surface area contributed by atoms with Crippen molar-refractivity contribution in [1.82, 2.24) is 24.5 Å². The van der Waals surface area contributed by atoms with Gasteiger partial charge in [0.05, 0.1) is 11.8 Å². The summed E-state index contributed by atoms with van der Waals surface area (Å²) in [6.45, 7) is 5.02. The highest BCUT2D eigenvalue weighted by Gasteiger charge is 2.44. The zero-order valence-electron chi connectivity index (χ0n) is 18.3. The number of benzene rings is 1. The van der Waals surface area contributed by atoms with Crippen LogP contribution in [0.15, 0.2) is 42.7 Å². The molecule has 0 saturated carbocycles. The molecule has 1 atom stereocenters. The smallest absolute Gasteiger partial charge is 0.253 e. The first-order valence-electron chi connectivity index (χ1n) is 10.8. The molecule has 2 aromatic rings. The molecule has 1 amide bonds. The Hall–Kier alpha value is -2.22. The number of ether oxygens (including phenoxy) is 1. The van der Waals surface area contributed by atoms with Gasteiger partial charge in [0.2, 0.25) is 0 Å². The Balaban J connectivity index is 1.35. The van der Waals surface area contributed by atoms with Crippen LogP contribution < -0.4 is 0 Å². The molecule has 0 bridgehead atoms. The maximum absolute atomic E-state index is 13.1. The van der Waals surface area contributed by atoms with Crippen LogP contribution in [-0.4, -0.2) is 82.4 Å². The molecule has 1 spiro atoms. The molecule has 2 fully saturated rings. The number of likely N-dealkylation sites (N-methyl/N-ethyl adjacent to an activating group) is 2. The number of rotatable bonds is 5. The van der Waals surface area contributed by atoms with Gasteiger partial charge >= 0.3 is 0 Å². The van der Waals surface area contributed by atoms with Crippen molar-refractivity contribution in [3.8, 4) is 0 Å². The summed E-state index contributed by atoms with van der Waals surface area (Å²) in [7, 11) is 5.92. The van der Waals surface area contributed by atoms with E-state index in [-0.39, 0.29) is 11.5 Å². The highest BCUT2D eigenvalue weighted by molar-refractivity contribution is 5.81. The zero-order valence-corrected chi connectivity index (χ0v) is 18.3. The van der Waals surface area contributed by atoms with E-state index in [1.54, 1.807) is 4.90 Å². The average molecular weight is 412 g/mol. The quantitative estimate of drug-likeness (QED) is 0.750. The van der Waals surface area contributed by atoms with Crippen molar-refractivity contribution >= 4 is 5.91 Å². The largest absolute Gasteiger partial charge is 0.359 e. The lowest BCUT2D eigenvalue weighted by Gasteiger charge is -2.49. The Labute approximate surface area is 179 Å². The molecule has 0 radical (unpaired) electrons.